The molecule has 0 bridgehead atoms. The SMILES string of the molecule is COC(=O)COc1ccc2c(OCC(=O)OC)cccc2c1. The van der Waals surface area contributed by atoms with E-state index in [2.05, 4.69) is 9.47 Å². The Balaban J connectivity index is 2.16. The minimum atomic E-state index is -0.449. The van der Waals surface area contributed by atoms with E-state index in [1.165, 1.54) is 14.2 Å². The maximum Gasteiger partial charge on any atom is 0.343 e. The Hall–Kier alpha value is -2.76. The number of carbonyl (C=O) groups excluding carboxylic acids is 2. The number of hydrogen-bond donors (Lipinski definition) is 0. The van der Waals surface area contributed by atoms with Crippen molar-refractivity contribution in [2.75, 3.05) is 27.4 Å². The molecule has 6 nitrogen and oxygen atoms in total. The molecule has 0 spiro atoms. The predicted octanol–water partition coefficient (Wildman–Crippen LogP) is 1.94. The summed E-state index contributed by atoms with van der Waals surface area (Å²) in [7, 11) is 2.61. The van der Waals surface area contributed by atoms with Crippen molar-refractivity contribution in [2.24, 2.45) is 0 Å². The minimum absolute atomic E-state index is 0.152. The van der Waals surface area contributed by atoms with Gasteiger partial charge in [-0.05, 0) is 29.7 Å². The van der Waals surface area contributed by atoms with E-state index in [0.29, 0.717) is 11.5 Å². The molecule has 0 heterocycles. The van der Waals surface area contributed by atoms with Crippen LogP contribution in [-0.2, 0) is 19.1 Å². The zero-order valence-corrected chi connectivity index (χ0v) is 12.3. The smallest absolute Gasteiger partial charge is 0.343 e. The van der Waals surface area contributed by atoms with Crippen molar-refractivity contribution in [1.82, 2.24) is 0 Å². The zero-order valence-electron chi connectivity index (χ0n) is 12.3. The van der Waals surface area contributed by atoms with Crippen LogP contribution >= 0.6 is 0 Å². The number of carbonyl (C=O) groups is 2. The first kappa shape index (κ1) is 15.6. The summed E-state index contributed by atoms with van der Waals surface area (Å²) < 4.78 is 19.8. The average Bonchev–Trinajstić information content (AvgIpc) is 2.56. The van der Waals surface area contributed by atoms with Crippen LogP contribution in [0.15, 0.2) is 36.4 Å². The molecule has 0 aliphatic heterocycles. The summed E-state index contributed by atoms with van der Waals surface area (Å²) in [6.45, 7) is -0.309. The summed E-state index contributed by atoms with van der Waals surface area (Å²) in [5.41, 5.74) is 0. The van der Waals surface area contributed by atoms with Crippen molar-refractivity contribution in [2.45, 2.75) is 0 Å². The van der Waals surface area contributed by atoms with E-state index in [1.54, 1.807) is 30.3 Å². The van der Waals surface area contributed by atoms with Crippen molar-refractivity contribution in [3.05, 3.63) is 36.4 Å². The van der Waals surface area contributed by atoms with Crippen LogP contribution in [0.2, 0.25) is 0 Å². The second kappa shape index (κ2) is 7.31. The van der Waals surface area contributed by atoms with Gasteiger partial charge in [0.05, 0.1) is 14.2 Å². The van der Waals surface area contributed by atoms with Gasteiger partial charge in [0.1, 0.15) is 11.5 Å². The van der Waals surface area contributed by atoms with E-state index in [4.69, 9.17) is 9.47 Å². The highest BCUT2D eigenvalue weighted by molar-refractivity contribution is 5.89. The fraction of sp³-hybridized carbons (Fsp3) is 0.250. The van der Waals surface area contributed by atoms with E-state index in [1.807, 2.05) is 6.07 Å². The van der Waals surface area contributed by atoms with Crippen molar-refractivity contribution < 1.29 is 28.5 Å². The maximum absolute atomic E-state index is 11.1. The highest BCUT2D eigenvalue weighted by Crippen LogP contribution is 2.28. The van der Waals surface area contributed by atoms with Crippen LogP contribution in [0.3, 0.4) is 0 Å². The van der Waals surface area contributed by atoms with Gasteiger partial charge in [0.25, 0.3) is 0 Å². The van der Waals surface area contributed by atoms with Crippen molar-refractivity contribution in [1.29, 1.82) is 0 Å². The van der Waals surface area contributed by atoms with Crippen molar-refractivity contribution in [3.63, 3.8) is 0 Å². The highest BCUT2D eigenvalue weighted by Gasteiger charge is 2.07. The van der Waals surface area contributed by atoms with Gasteiger partial charge in [-0.2, -0.15) is 0 Å². The molecular weight excluding hydrogens is 288 g/mol. The Kier molecular flexibility index (Phi) is 5.19. The zero-order chi connectivity index (χ0) is 15.9. The number of rotatable bonds is 6. The molecule has 0 atom stereocenters. The minimum Gasteiger partial charge on any atom is -0.482 e. The first-order valence-electron chi connectivity index (χ1n) is 6.56. The Morgan fingerprint density at radius 2 is 1.59 bits per heavy atom. The van der Waals surface area contributed by atoms with Crippen LogP contribution in [0.25, 0.3) is 10.8 Å². The molecule has 0 saturated carbocycles. The first-order valence-corrected chi connectivity index (χ1v) is 6.56. The summed E-state index contributed by atoms with van der Waals surface area (Å²) in [5.74, 6) is 0.218. The average molecular weight is 304 g/mol. The van der Waals surface area contributed by atoms with Gasteiger partial charge in [-0.3, -0.25) is 0 Å². The van der Waals surface area contributed by atoms with Crippen LogP contribution in [-0.4, -0.2) is 39.4 Å². The van der Waals surface area contributed by atoms with Gasteiger partial charge in [0.15, 0.2) is 13.2 Å². The Bertz CT molecular complexity index is 679. The predicted molar refractivity (Wildman–Crippen MR) is 79.0 cm³/mol. The number of fused-ring (bicyclic) bond motifs is 1. The lowest BCUT2D eigenvalue weighted by Crippen LogP contribution is -2.13. The molecule has 0 radical (unpaired) electrons. The van der Waals surface area contributed by atoms with Crippen LogP contribution in [0, 0.1) is 0 Å². The number of hydrogen-bond acceptors (Lipinski definition) is 6. The summed E-state index contributed by atoms with van der Waals surface area (Å²) in [6.07, 6.45) is 0. The third-order valence-corrected chi connectivity index (χ3v) is 2.97. The Labute approximate surface area is 127 Å². The molecule has 0 aliphatic carbocycles. The molecule has 0 aliphatic rings. The monoisotopic (exact) mass is 304 g/mol. The third kappa shape index (κ3) is 3.88. The van der Waals surface area contributed by atoms with Gasteiger partial charge in [-0.15, -0.1) is 0 Å². The topological polar surface area (TPSA) is 71.1 Å². The fourth-order valence-electron chi connectivity index (χ4n) is 1.84. The molecular formula is C16H16O6. The van der Waals surface area contributed by atoms with Gasteiger partial charge in [0, 0.05) is 5.39 Å². The summed E-state index contributed by atoms with van der Waals surface area (Å²) in [6, 6.07) is 10.7. The van der Waals surface area contributed by atoms with E-state index in [9.17, 15) is 9.59 Å². The maximum atomic E-state index is 11.1. The molecule has 0 unspecified atom stereocenters. The van der Waals surface area contributed by atoms with Gasteiger partial charge in [-0.1, -0.05) is 12.1 Å². The number of ether oxygens (including phenoxy) is 4. The molecule has 0 saturated heterocycles. The van der Waals surface area contributed by atoms with Gasteiger partial charge >= 0.3 is 11.9 Å². The number of benzene rings is 2. The number of esters is 2. The van der Waals surface area contributed by atoms with Crippen molar-refractivity contribution >= 4 is 22.7 Å². The Morgan fingerprint density at radius 3 is 2.27 bits per heavy atom. The third-order valence-electron chi connectivity index (χ3n) is 2.97. The van der Waals surface area contributed by atoms with Gasteiger partial charge in [-0.25, -0.2) is 9.59 Å². The lowest BCUT2D eigenvalue weighted by Gasteiger charge is -2.10. The summed E-state index contributed by atoms with van der Waals surface area (Å²) in [4.78, 5) is 22.2. The van der Waals surface area contributed by atoms with Crippen LogP contribution < -0.4 is 9.47 Å². The van der Waals surface area contributed by atoms with E-state index >= 15 is 0 Å². The molecule has 2 aromatic carbocycles. The van der Waals surface area contributed by atoms with Crippen molar-refractivity contribution in [3.8, 4) is 11.5 Å². The summed E-state index contributed by atoms with van der Waals surface area (Å²) >= 11 is 0. The van der Waals surface area contributed by atoms with Gasteiger partial charge in [0.2, 0.25) is 0 Å². The standard InChI is InChI=1S/C16H16O6/c1-19-15(17)9-21-12-6-7-13-11(8-12)4-3-5-14(13)22-10-16(18)20-2/h3-8H,9-10H2,1-2H3. The molecule has 2 aromatic rings. The molecule has 0 N–H and O–H groups in total. The quantitative estimate of drug-likeness (QED) is 0.760. The lowest BCUT2D eigenvalue weighted by atomic mass is 10.1. The molecule has 22 heavy (non-hydrogen) atoms. The molecule has 6 heteroatoms. The van der Waals surface area contributed by atoms with Crippen LogP contribution in [0.1, 0.15) is 0 Å². The summed E-state index contributed by atoms with van der Waals surface area (Å²) in [5, 5.41) is 1.70. The van der Waals surface area contributed by atoms with E-state index in [-0.39, 0.29) is 13.2 Å². The molecule has 0 aromatic heterocycles. The van der Waals surface area contributed by atoms with Crippen LogP contribution in [0.5, 0.6) is 11.5 Å². The highest BCUT2D eigenvalue weighted by atomic mass is 16.6. The van der Waals surface area contributed by atoms with E-state index < -0.39 is 11.9 Å². The molecule has 0 fully saturated rings. The normalized spacial score (nSPS) is 10.1. The van der Waals surface area contributed by atoms with E-state index in [0.717, 1.165) is 10.8 Å². The largest absolute Gasteiger partial charge is 0.482 e. The Morgan fingerprint density at radius 1 is 0.909 bits per heavy atom. The second-order valence-corrected chi connectivity index (χ2v) is 4.37. The second-order valence-electron chi connectivity index (χ2n) is 4.37. The molecule has 116 valence electrons. The fourth-order valence-corrected chi connectivity index (χ4v) is 1.84. The molecule has 2 rings (SSSR count). The lowest BCUT2D eigenvalue weighted by molar-refractivity contribution is -0.143. The molecule has 0 amide bonds. The van der Waals surface area contributed by atoms with Crippen LogP contribution in [0.4, 0.5) is 0 Å². The first-order chi connectivity index (χ1) is 10.6. The number of methoxy groups -OCH3 is 2. The van der Waals surface area contributed by atoms with Gasteiger partial charge < -0.3 is 18.9 Å².